The van der Waals surface area contributed by atoms with Crippen LogP contribution in [-0.4, -0.2) is 7.11 Å². The van der Waals surface area contributed by atoms with Crippen LogP contribution in [0.1, 0.15) is 0 Å². The highest BCUT2D eigenvalue weighted by molar-refractivity contribution is 5.71. The first kappa shape index (κ1) is 13.4. The number of halogens is 1. The Kier molecular flexibility index (Phi) is 3.69. The van der Waals surface area contributed by atoms with E-state index in [4.69, 9.17) is 4.74 Å². The van der Waals surface area contributed by atoms with Crippen LogP contribution in [-0.2, 0) is 0 Å². The zero-order chi connectivity index (χ0) is 14.7. The Balaban J connectivity index is 2.01. The van der Waals surface area contributed by atoms with Crippen molar-refractivity contribution in [1.82, 2.24) is 0 Å². The third-order valence-electron chi connectivity index (χ3n) is 3.38. The van der Waals surface area contributed by atoms with Crippen LogP contribution >= 0.6 is 0 Å². The van der Waals surface area contributed by atoms with Gasteiger partial charge in [-0.05, 0) is 34.9 Å². The molecule has 0 amide bonds. The summed E-state index contributed by atoms with van der Waals surface area (Å²) < 4.78 is 19.5. The average molecular weight is 277 g/mol. The van der Waals surface area contributed by atoms with E-state index in [2.05, 4.69) is 6.07 Å². The van der Waals surface area contributed by atoms with Gasteiger partial charge in [-0.25, -0.2) is 4.39 Å². The lowest BCUT2D eigenvalue weighted by Gasteiger charge is -2.08. The predicted octanol–water partition coefficient (Wildman–Crippen LogP) is 4.97. The van der Waals surface area contributed by atoms with E-state index in [9.17, 15) is 4.39 Å². The van der Waals surface area contributed by atoms with Gasteiger partial charge in [0.05, 0.1) is 7.11 Å². The monoisotopic (exact) mass is 277 g/mol. The summed E-state index contributed by atoms with van der Waals surface area (Å²) in [5, 5.41) is 0. The van der Waals surface area contributed by atoms with Crippen LogP contribution in [0, 0.1) is 11.9 Å². The second-order valence-corrected chi connectivity index (χ2v) is 4.71. The van der Waals surface area contributed by atoms with E-state index in [1.807, 2.05) is 54.6 Å². The van der Waals surface area contributed by atoms with E-state index in [0.717, 1.165) is 16.7 Å². The quantitative estimate of drug-likeness (QED) is 0.657. The SMILES string of the molecule is COc1[c]ccc(-c2ccc(-c3ccccc3)c(F)c2)c1. The van der Waals surface area contributed by atoms with Crippen molar-refractivity contribution in [3.05, 3.63) is 78.6 Å². The summed E-state index contributed by atoms with van der Waals surface area (Å²) in [5.74, 6) is 0.408. The molecule has 0 fully saturated rings. The van der Waals surface area contributed by atoms with Gasteiger partial charge in [-0.15, -0.1) is 0 Å². The van der Waals surface area contributed by atoms with Crippen molar-refractivity contribution >= 4 is 0 Å². The highest BCUT2D eigenvalue weighted by Gasteiger charge is 2.07. The van der Waals surface area contributed by atoms with Crippen LogP contribution in [0.3, 0.4) is 0 Å². The Morgan fingerprint density at radius 1 is 0.857 bits per heavy atom. The maximum absolute atomic E-state index is 14.4. The van der Waals surface area contributed by atoms with E-state index in [1.54, 1.807) is 19.2 Å². The molecule has 3 aromatic carbocycles. The van der Waals surface area contributed by atoms with E-state index in [-0.39, 0.29) is 5.82 Å². The highest BCUT2D eigenvalue weighted by atomic mass is 19.1. The molecule has 103 valence electrons. The van der Waals surface area contributed by atoms with Crippen molar-refractivity contribution in [3.8, 4) is 28.0 Å². The van der Waals surface area contributed by atoms with Gasteiger partial charge in [-0.2, -0.15) is 0 Å². The van der Waals surface area contributed by atoms with Crippen molar-refractivity contribution in [2.45, 2.75) is 0 Å². The van der Waals surface area contributed by atoms with Gasteiger partial charge in [0.15, 0.2) is 0 Å². The van der Waals surface area contributed by atoms with Crippen molar-refractivity contribution < 1.29 is 9.13 Å². The molecule has 1 radical (unpaired) electrons. The van der Waals surface area contributed by atoms with E-state index < -0.39 is 0 Å². The summed E-state index contributed by atoms with van der Waals surface area (Å²) in [6.45, 7) is 0. The molecule has 2 heteroatoms. The normalized spacial score (nSPS) is 10.4. The van der Waals surface area contributed by atoms with Crippen molar-refractivity contribution in [3.63, 3.8) is 0 Å². The lowest BCUT2D eigenvalue weighted by molar-refractivity contribution is 0.414. The van der Waals surface area contributed by atoms with E-state index in [0.29, 0.717) is 11.3 Å². The Hall–Kier alpha value is -2.61. The van der Waals surface area contributed by atoms with Crippen LogP contribution in [0.4, 0.5) is 4.39 Å². The molecule has 0 saturated carbocycles. The minimum absolute atomic E-state index is 0.231. The molecular formula is C19H14FO. The maximum atomic E-state index is 14.4. The van der Waals surface area contributed by atoms with Gasteiger partial charge in [-0.1, -0.05) is 48.5 Å². The van der Waals surface area contributed by atoms with Gasteiger partial charge >= 0.3 is 0 Å². The van der Waals surface area contributed by atoms with Crippen LogP contribution in [0.2, 0.25) is 0 Å². The molecule has 1 nitrogen and oxygen atoms in total. The van der Waals surface area contributed by atoms with Crippen molar-refractivity contribution in [1.29, 1.82) is 0 Å². The molecule has 0 aliphatic carbocycles. The third-order valence-corrected chi connectivity index (χ3v) is 3.38. The van der Waals surface area contributed by atoms with Crippen molar-refractivity contribution in [2.75, 3.05) is 7.11 Å². The lowest BCUT2D eigenvalue weighted by atomic mass is 9.99. The number of ether oxygens (including phenoxy) is 1. The van der Waals surface area contributed by atoms with E-state index in [1.165, 1.54) is 0 Å². The molecule has 0 aromatic heterocycles. The Morgan fingerprint density at radius 3 is 2.33 bits per heavy atom. The van der Waals surface area contributed by atoms with Crippen LogP contribution < -0.4 is 4.74 Å². The molecule has 3 aromatic rings. The predicted molar refractivity (Wildman–Crippen MR) is 82.7 cm³/mol. The molecule has 3 rings (SSSR count). The van der Waals surface area contributed by atoms with Gasteiger partial charge in [0.1, 0.15) is 11.6 Å². The number of methoxy groups -OCH3 is 1. The topological polar surface area (TPSA) is 9.23 Å². The Morgan fingerprint density at radius 2 is 1.62 bits per heavy atom. The number of hydrogen-bond donors (Lipinski definition) is 0. The Labute approximate surface area is 123 Å². The zero-order valence-corrected chi connectivity index (χ0v) is 11.6. The first-order chi connectivity index (χ1) is 10.3. The van der Waals surface area contributed by atoms with Gasteiger partial charge in [0, 0.05) is 11.6 Å². The second kappa shape index (κ2) is 5.80. The van der Waals surface area contributed by atoms with Crippen LogP contribution in [0.15, 0.2) is 66.7 Å². The van der Waals surface area contributed by atoms with Gasteiger partial charge in [0.25, 0.3) is 0 Å². The summed E-state index contributed by atoms with van der Waals surface area (Å²) in [4.78, 5) is 0. The van der Waals surface area contributed by atoms with Gasteiger partial charge in [-0.3, -0.25) is 0 Å². The fourth-order valence-electron chi connectivity index (χ4n) is 2.29. The molecule has 0 bridgehead atoms. The highest BCUT2D eigenvalue weighted by Crippen LogP contribution is 2.29. The number of benzene rings is 3. The van der Waals surface area contributed by atoms with Crippen molar-refractivity contribution in [2.24, 2.45) is 0 Å². The van der Waals surface area contributed by atoms with E-state index >= 15 is 0 Å². The summed E-state index contributed by atoms with van der Waals surface area (Å²) >= 11 is 0. The molecule has 0 aliphatic rings. The largest absolute Gasteiger partial charge is 0.496 e. The summed E-state index contributed by atoms with van der Waals surface area (Å²) in [7, 11) is 1.59. The number of hydrogen-bond acceptors (Lipinski definition) is 1. The standard InChI is InChI=1S/C19H14FO/c1-21-17-9-5-8-15(12-17)16-10-11-18(19(20)13-16)14-6-3-2-4-7-14/h2-8,10-13H,1H3. The molecule has 0 spiro atoms. The fourth-order valence-corrected chi connectivity index (χ4v) is 2.29. The summed E-state index contributed by atoms with van der Waals surface area (Å²) in [5.41, 5.74) is 3.21. The maximum Gasteiger partial charge on any atom is 0.131 e. The first-order valence-electron chi connectivity index (χ1n) is 6.69. The summed E-state index contributed by atoms with van der Waals surface area (Å²) in [6, 6.07) is 23.3. The summed E-state index contributed by atoms with van der Waals surface area (Å²) in [6.07, 6.45) is 0. The average Bonchev–Trinajstić information content (AvgIpc) is 2.55. The molecule has 0 aliphatic heterocycles. The molecular weight excluding hydrogens is 263 g/mol. The molecule has 0 saturated heterocycles. The second-order valence-electron chi connectivity index (χ2n) is 4.71. The number of rotatable bonds is 3. The minimum Gasteiger partial charge on any atom is -0.496 e. The third kappa shape index (κ3) is 2.79. The first-order valence-corrected chi connectivity index (χ1v) is 6.69. The molecule has 0 atom stereocenters. The van der Waals surface area contributed by atoms with Gasteiger partial charge in [0.2, 0.25) is 0 Å². The molecule has 21 heavy (non-hydrogen) atoms. The smallest absolute Gasteiger partial charge is 0.131 e. The zero-order valence-electron chi connectivity index (χ0n) is 11.6. The molecule has 0 unspecified atom stereocenters. The fraction of sp³-hybridized carbons (Fsp3) is 0.0526. The van der Waals surface area contributed by atoms with Crippen LogP contribution in [0.5, 0.6) is 5.75 Å². The molecule has 0 N–H and O–H groups in total. The Bertz CT molecular complexity index is 751. The molecule has 0 heterocycles. The van der Waals surface area contributed by atoms with Crippen LogP contribution in [0.25, 0.3) is 22.3 Å². The minimum atomic E-state index is -0.231. The lowest BCUT2D eigenvalue weighted by Crippen LogP contribution is -1.88. The van der Waals surface area contributed by atoms with Gasteiger partial charge < -0.3 is 4.74 Å².